The van der Waals surface area contributed by atoms with Crippen LogP contribution in [-0.4, -0.2) is 20.9 Å². The molecule has 3 rings (SSSR count). The number of rotatable bonds is 8. The highest BCUT2D eigenvalue weighted by Gasteiger charge is 2.20. The van der Waals surface area contributed by atoms with E-state index in [1.54, 1.807) is 19.1 Å². The second kappa shape index (κ2) is 9.96. The number of benzene rings is 3. The second-order valence-corrected chi connectivity index (χ2v) is 9.17. The normalized spacial score (nSPS) is 12.2. The Labute approximate surface area is 187 Å². The fourth-order valence-corrected chi connectivity index (χ4v) is 4.41. The van der Waals surface area contributed by atoms with E-state index in [4.69, 9.17) is 16.3 Å². The monoisotopic (exact) mass is 458 g/mol. The van der Waals surface area contributed by atoms with E-state index in [0.717, 1.165) is 11.1 Å². The first-order valence-electron chi connectivity index (χ1n) is 9.61. The number of hydrogen-bond acceptors (Lipinski definition) is 4. The average molecular weight is 459 g/mol. The van der Waals surface area contributed by atoms with E-state index < -0.39 is 16.1 Å². The molecule has 1 amide bonds. The van der Waals surface area contributed by atoms with Gasteiger partial charge in [0, 0.05) is 11.7 Å². The molecule has 6 nitrogen and oxygen atoms in total. The van der Waals surface area contributed by atoms with Crippen molar-refractivity contribution in [1.82, 2.24) is 4.72 Å². The lowest BCUT2D eigenvalue weighted by Crippen LogP contribution is -2.27. The lowest BCUT2D eigenvalue weighted by molar-refractivity contribution is -0.118. The van der Waals surface area contributed by atoms with Crippen LogP contribution in [0.5, 0.6) is 5.75 Å². The van der Waals surface area contributed by atoms with Crippen molar-refractivity contribution in [2.75, 3.05) is 11.9 Å². The molecule has 0 spiro atoms. The van der Waals surface area contributed by atoms with E-state index >= 15 is 0 Å². The van der Waals surface area contributed by atoms with Crippen LogP contribution in [-0.2, 0) is 14.8 Å². The summed E-state index contributed by atoms with van der Waals surface area (Å²) in [5, 5.41) is 2.81. The first-order valence-corrected chi connectivity index (χ1v) is 11.5. The molecular formula is C23H23ClN2O4S. The molecule has 0 radical (unpaired) electrons. The SMILES string of the molecule is Cc1ccc(NC(=O)COc2ccc(S(=O)(=O)N[C@@H](C)c3ccccc3)cc2Cl)cc1. The third kappa shape index (κ3) is 6.30. The molecule has 0 aliphatic rings. The summed E-state index contributed by atoms with van der Waals surface area (Å²) < 4.78 is 33.5. The number of amides is 1. The zero-order valence-corrected chi connectivity index (χ0v) is 18.7. The minimum Gasteiger partial charge on any atom is -0.482 e. The van der Waals surface area contributed by atoms with Crippen molar-refractivity contribution in [3.05, 3.63) is 88.9 Å². The molecule has 0 aromatic heterocycles. The summed E-state index contributed by atoms with van der Waals surface area (Å²) in [5.74, 6) is -0.134. The van der Waals surface area contributed by atoms with Gasteiger partial charge in [-0.3, -0.25) is 4.79 Å². The second-order valence-electron chi connectivity index (χ2n) is 7.05. The molecule has 162 valence electrons. The van der Waals surface area contributed by atoms with Gasteiger partial charge in [0.25, 0.3) is 5.91 Å². The molecule has 2 N–H and O–H groups in total. The summed E-state index contributed by atoms with van der Waals surface area (Å²) in [7, 11) is -3.79. The number of ether oxygens (including phenoxy) is 1. The Morgan fingerprint density at radius 1 is 1.03 bits per heavy atom. The lowest BCUT2D eigenvalue weighted by Gasteiger charge is -2.15. The van der Waals surface area contributed by atoms with Crippen LogP contribution in [0.1, 0.15) is 24.1 Å². The summed E-state index contributed by atoms with van der Waals surface area (Å²) >= 11 is 6.20. The first-order chi connectivity index (χ1) is 14.7. The number of anilines is 1. The number of sulfonamides is 1. The van der Waals surface area contributed by atoms with Crippen molar-refractivity contribution < 1.29 is 17.9 Å². The zero-order chi connectivity index (χ0) is 22.4. The first kappa shape index (κ1) is 22.8. The van der Waals surface area contributed by atoms with Crippen LogP contribution in [0.15, 0.2) is 77.7 Å². The molecule has 3 aromatic rings. The Hall–Kier alpha value is -2.87. The molecule has 0 saturated heterocycles. The summed E-state index contributed by atoms with van der Waals surface area (Å²) in [4.78, 5) is 12.1. The molecule has 0 bridgehead atoms. The summed E-state index contributed by atoms with van der Waals surface area (Å²) in [6, 6.07) is 20.3. The molecule has 0 aliphatic carbocycles. The number of carbonyl (C=O) groups excluding carboxylic acids is 1. The van der Waals surface area contributed by atoms with Crippen molar-refractivity contribution in [2.24, 2.45) is 0 Å². The van der Waals surface area contributed by atoms with Crippen molar-refractivity contribution in [3.8, 4) is 5.75 Å². The Morgan fingerprint density at radius 3 is 2.35 bits per heavy atom. The van der Waals surface area contributed by atoms with E-state index in [9.17, 15) is 13.2 Å². The predicted molar refractivity (Wildman–Crippen MR) is 122 cm³/mol. The fraction of sp³-hybridized carbons (Fsp3) is 0.174. The van der Waals surface area contributed by atoms with Crippen LogP contribution in [0, 0.1) is 6.92 Å². The lowest BCUT2D eigenvalue weighted by atomic mass is 10.1. The van der Waals surface area contributed by atoms with Gasteiger partial charge in [-0.1, -0.05) is 59.6 Å². The van der Waals surface area contributed by atoms with Crippen molar-refractivity contribution >= 4 is 33.2 Å². The van der Waals surface area contributed by atoms with Crippen LogP contribution >= 0.6 is 11.6 Å². The fourth-order valence-electron chi connectivity index (χ4n) is 2.85. The van der Waals surface area contributed by atoms with Crippen molar-refractivity contribution in [1.29, 1.82) is 0 Å². The molecule has 1 atom stereocenters. The summed E-state index contributed by atoms with van der Waals surface area (Å²) in [6.07, 6.45) is 0. The minimum absolute atomic E-state index is 0.0109. The number of aryl methyl sites for hydroxylation is 1. The molecule has 0 saturated carbocycles. The van der Waals surface area contributed by atoms with Gasteiger partial charge in [-0.05, 0) is 49.7 Å². The van der Waals surface area contributed by atoms with Gasteiger partial charge in [0.15, 0.2) is 6.61 Å². The standard InChI is InChI=1S/C23H23ClN2O4S/c1-16-8-10-19(11-9-16)25-23(27)15-30-22-13-12-20(14-21(22)24)31(28,29)26-17(2)18-6-4-3-5-7-18/h3-14,17,26H,15H2,1-2H3,(H,25,27)/t17-/m0/s1. The van der Waals surface area contributed by atoms with Crippen molar-refractivity contribution in [3.63, 3.8) is 0 Å². The van der Waals surface area contributed by atoms with E-state index in [0.29, 0.717) is 5.69 Å². The van der Waals surface area contributed by atoms with Gasteiger partial charge in [-0.25, -0.2) is 13.1 Å². The molecule has 8 heteroatoms. The third-order valence-electron chi connectivity index (χ3n) is 4.54. The zero-order valence-electron chi connectivity index (χ0n) is 17.1. The van der Waals surface area contributed by atoms with E-state index in [1.807, 2.05) is 49.4 Å². The molecule has 0 fully saturated rings. The number of halogens is 1. The van der Waals surface area contributed by atoms with Crippen LogP contribution < -0.4 is 14.8 Å². The maximum absolute atomic E-state index is 12.7. The maximum atomic E-state index is 12.7. The number of nitrogens with one attached hydrogen (secondary N) is 2. The minimum atomic E-state index is -3.79. The third-order valence-corrected chi connectivity index (χ3v) is 6.37. The Morgan fingerprint density at radius 2 is 1.71 bits per heavy atom. The average Bonchev–Trinajstić information content (AvgIpc) is 2.75. The molecule has 0 heterocycles. The predicted octanol–water partition coefficient (Wildman–Crippen LogP) is 4.71. The van der Waals surface area contributed by atoms with Crippen LogP contribution in [0.2, 0.25) is 5.02 Å². The molecule has 0 aliphatic heterocycles. The van der Waals surface area contributed by atoms with Crippen LogP contribution in [0.4, 0.5) is 5.69 Å². The van der Waals surface area contributed by atoms with E-state index in [2.05, 4.69) is 10.0 Å². The molecule has 0 unspecified atom stereocenters. The largest absolute Gasteiger partial charge is 0.482 e. The smallest absolute Gasteiger partial charge is 0.262 e. The molecule has 3 aromatic carbocycles. The highest BCUT2D eigenvalue weighted by Crippen LogP contribution is 2.28. The Balaban J connectivity index is 1.62. The van der Waals surface area contributed by atoms with Gasteiger partial charge < -0.3 is 10.1 Å². The van der Waals surface area contributed by atoms with Gasteiger partial charge in [0.05, 0.1) is 9.92 Å². The van der Waals surface area contributed by atoms with Crippen LogP contribution in [0.25, 0.3) is 0 Å². The van der Waals surface area contributed by atoms with Crippen molar-refractivity contribution in [2.45, 2.75) is 24.8 Å². The molecule has 31 heavy (non-hydrogen) atoms. The van der Waals surface area contributed by atoms with Gasteiger partial charge in [-0.15, -0.1) is 0 Å². The topological polar surface area (TPSA) is 84.5 Å². The Kier molecular flexibility index (Phi) is 7.33. The highest BCUT2D eigenvalue weighted by molar-refractivity contribution is 7.89. The Bertz CT molecular complexity index is 1150. The van der Waals surface area contributed by atoms with E-state index in [1.165, 1.54) is 18.2 Å². The van der Waals surface area contributed by atoms with Gasteiger partial charge in [-0.2, -0.15) is 0 Å². The number of hydrogen-bond donors (Lipinski definition) is 2. The number of carbonyl (C=O) groups is 1. The quantitative estimate of drug-likeness (QED) is 0.512. The summed E-state index contributed by atoms with van der Waals surface area (Å²) in [5.41, 5.74) is 2.59. The van der Waals surface area contributed by atoms with Gasteiger partial charge >= 0.3 is 0 Å². The maximum Gasteiger partial charge on any atom is 0.262 e. The van der Waals surface area contributed by atoms with Crippen LogP contribution in [0.3, 0.4) is 0 Å². The molecular weight excluding hydrogens is 436 g/mol. The summed E-state index contributed by atoms with van der Waals surface area (Å²) in [6.45, 7) is 3.46. The highest BCUT2D eigenvalue weighted by atomic mass is 35.5. The van der Waals surface area contributed by atoms with Gasteiger partial charge in [0.2, 0.25) is 10.0 Å². The van der Waals surface area contributed by atoms with E-state index in [-0.39, 0.29) is 28.2 Å². The van der Waals surface area contributed by atoms with Gasteiger partial charge in [0.1, 0.15) is 5.75 Å².